The topological polar surface area (TPSA) is 94.1 Å². The van der Waals surface area contributed by atoms with E-state index in [0.29, 0.717) is 36.9 Å². The first kappa shape index (κ1) is 20.3. The van der Waals surface area contributed by atoms with Gasteiger partial charge in [0.05, 0.1) is 6.20 Å². The fraction of sp³-hybridized carbons (Fsp3) is 0.478. The van der Waals surface area contributed by atoms with E-state index in [2.05, 4.69) is 20.4 Å². The third-order valence-electron chi connectivity index (χ3n) is 5.70. The predicted molar refractivity (Wildman–Crippen MR) is 111 cm³/mol. The van der Waals surface area contributed by atoms with Gasteiger partial charge in [0, 0.05) is 25.3 Å². The highest BCUT2D eigenvalue weighted by Crippen LogP contribution is 2.34. The molecule has 0 radical (unpaired) electrons. The number of aromatic nitrogens is 3. The molecule has 3 aromatic rings. The molecule has 0 unspecified atom stereocenters. The number of hydrogen-bond acceptors (Lipinski definition) is 6. The van der Waals surface area contributed by atoms with E-state index in [1.54, 1.807) is 13.1 Å². The molecular weight excluding hydrogens is 380 g/mol. The molecule has 2 heterocycles. The van der Waals surface area contributed by atoms with Gasteiger partial charge in [0.15, 0.2) is 17.5 Å². The molecule has 158 valence electrons. The van der Waals surface area contributed by atoms with Crippen LogP contribution < -0.4 is 5.32 Å². The van der Waals surface area contributed by atoms with E-state index >= 15 is 0 Å². The first-order chi connectivity index (χ1) is 14.6. The monoisotopic (exact) mass is 408 g/mol. The Morgan fingerprint density at radius 3 is 2.60 bits per heavy atom. The fourth-order valence-corrected chi connectivity index (χ4v) is 4.12. The van der Waals surface area contributed by atoms with Crippen molar-refractivity contribution in [2.24, 2.45) is 0 Å². The molecule has 0 saturated heterocycles. The number of benzene rings is 1. The maximum absolute atomic E-state index is 12.8. The summed E-state index contributed by atoms with van der Waals surface area (Å²) in [5.41, 5.74) is 0.481. The fourth-order valence-electron chi connectivity index (χ4n) is 4.12. The first-order valence-corrected chi connectivity index (χ1v) is 10.8. The molecule has 1 aliphatic carbocycles. The van der Waals surface area contributed by atoms with Crippen LogP contribution in [0.4, 0.5) is 0 Å². The Labute approximate surface area is 176 Å². The summed E-state index contributed by atoms with van der Waals surface area (Å²) in [6.07, 6.45) is 9.56. The Morgan fingerprint density at radius 1 is 1.13 bits per heavy atom. The van der Waals surface area contributed by atoms with Gasteiger partial charge in [-0.15, -0.1) is 0 Å². The quantitative estimate of drug-likeness (QED) is 0.569. The summed E-state index contributed by atoms with van der Waals surface area (Å²) in [4.78, 5) is 21.6. The van der Waals surface area contributed by atoms with E-state index in [0.717, 1.165) is 37.0 Å². The molecule has 1 aromatic carbocycles. The molecule has 1 amide bonds. The van der Waals surface area contributed by atoms with Crippen LogP contribution in [0.2, 0.25) is 0 Å². The number of hydrogen-bond donors (Lipinski definition) is 1. The van der Waals surface area contributed by atoms with Gasteiger partial charge in [-0.1, -0.05) is 61.2 Å². The summed E-state index contributed by atoms with van der Waals surface area (Å²) in [5, 5.41) is 7.38. The van der Waals surface area contributed by atoms with Crippen LogP contribution in [-0.2, 0) is 16.8 Å². The highest BCUT2D eigenvalue weighted by molar-refractivity contribution is 5.76. The number of carbonyl (C=O) groups excluding carboxylic acids is 1. The molecule has 0 aliphatic heterocycles. The second-order valence-electron chi connectivity index (χ2n) is 8.02. The van der Waals surface area contributed by atoms with Crippen LogP contribution in [0.1, 0.15) is 69.0 Å². The molecule has 7 heteroatoms. The zero-order valence-corrected chi connectivity index (χ0v) is 17.4. The highest BCUT2D eigenvalue weighted by atomic mass is 16.5. The van der Waals surface area contributed by atoms with Crippen molar-refractivity contribution in [3.63, 3.8) is 0 Å². The van der Waals surface area contributed by atoms with Crippen molar-refractivity contribution < 1.29 is 13.7 Å². The largest absolute Gasteiger partial charge is 0.441 e. The number of amides is 1. The third-order valence-corrected chi connectivity index (χ3v) is 5.70. The maximum atomic E-state index is 12.8. The Hall–Kier alpha value is -2.96. The number of rotatable bonds is 7. The lowest BCUT2D eigenvalue weighted by Crippen LogP contribution is -2.46. The zero-order valence-electron chi connectivity index (χ0n) is 17.4. The van der Waals surface area contributed by atoms with Gasteiger partial charge < -0.3 is 14.3 Å². The molecule has 0 atom stereocenters. The normalized spacial score (nSPS) is 16.2. The zero-order chi connectivity index (χ0) is 20.8. The Bertz CT molecular complexity index is 956. The van der Waals surface area contributed by atoms with E-state index in [4.69, 9.17) is 8.94 Å². The summed E-state index contributed by atoms with van der Waals surface area (Å²) >= 11 is 0. The van der Waals surface area contributed by atoms with Crippen molar-refractivity contribution in [2.75, 3.05) is 0 Å². The summed E-state index contributed by atoms with van der Waals surface area (Å²) in [5.74, 6) is 2.55. The van der Waals surface area contributed by atoms with Crippen LogP contribution in [0.3, 0.4) is 0 Å². The van der Waals surface area contributed by atoms with Gasteiger partial charge in [-0.25, -0.2) is 4.98 Å². The van der Waals surface area contributed by atoms with E-state index in [-0.39, 0.29) is 5.91 Å². The maximum Gasteiger partial charge on any atom is 0.223 e. The van der Waals surface area contributed by atoms with Crippen molar-refractivity contribution in [1.82, 2.24) is 20.4 Å². The van der Waals surface area contributed by atoms with Crippen molar-refractivity contribution >= 4 is 5.91 Å². The molecule has 30 heavy (non-hydrogen) atoms. The molecule has 1 saturated carbocycles. The summed E-state index contributed by atoms with van der Waals surface area (Å²) < 4.78 is 11.0. The minimum absolute atomic E-state index is 0.00851. The second kappa shape index (κ2) is 9.24. The number of carbonyl (C=O) groups is 1. The molecule has 1 N–H and O–H groups in total. The highest BCUT2D eigenvalue weighted by Gasteiger charge is 2.38. The molecule has 0 bridgehead atoms. The number of aryl methyl sites for hydroxylation is 2. The minimum Gasteiger partial charge on any atom is -0.441 e. The average molecular weight is 409 g/mol. The Kier molecular flexibility index (Phi) is 6.26. The molecule has 0 spiro atoms. The molecule has 4 rings (SSSR count). The van der Waals surface area contributed by atoms with E-state index in [9.17, 15) is 4.79 Å². The smallest absolute Gasteiger partial charge is 0.223 e. The molecule has 7 nitrogen and oxygen atoms in total. The van der Waals surface area contributed by atoms with Crippen molar-refractivity contribution in [3.8, 4) is 11.3 Å². The predicted octanol–water partition coefficient (Wildman–Crippen LogP) is 4.72. The van der Waals surface area contributed by atoms with Crippen molar-refractivity contribution in [2.45, 2.75) is 70.3 Å². The van der Waals surface area contributed by atoms with Gasteiger partial charge in [0.25, 0.3) is 0 Å². The summed E-state index contributed by atoms with van der Waals surface area (Å²) in [7, 11) is 0. The van der Waals surface area contributed by atoms with Crippen LogP contribution >= 0.6 is 0 Å². The summed E-state index contributed by atoms with van der Waals surface area (Å²) in [6.45, 7) is 1.78. The average Bonchev–Trinajstić information content (AvgIpc) is 3.34. The number of nitrogens with zero attached hydrogens (tertiary/aromatic N) is 3. The van der Waals surface area contributed by atoms with Crippen LogP contribution in [0.15, 0.2) is 45.5 Å². The van der Waals surface area contributed by atoms with E-state index in [1.807, 2.05) is 30.3 Å². The molecule has 1 aliphatic rings. The minimum atomic E-state index is -0.519. The van der Waals surface area contributed by atoms with Crippen LogP contribution in [0.25, 0.3) is 11.3 Å². The number of nitrogens with one attached hydrogen (secondary N) is 1. The van der Waals surface area contributed by atoms with Crippen LogP contribution in [0.5, 0.6) is 0 Å². The summed E-state index contributed by atoms with van der Waals surface area (Å²) in [6, 6.07) is 9.89. The van der Waals surface area contributed by atoms with Gasteiger partial charge in [0.2, 0.25) is 11.8 Å². The Balaban J connectivity index is 1.35. The standard InChI is InChI=1S/C23H28N4O3/c1-17-25-22(27-30-17)23(14-7-2-3-8-15-23)26-20(28)12-9-13-21-24-16-19(29-21)18-10-5-4-6-11-18/h4-6,10-11,16H,2-3,7-9,12-15H2,1H3,(H,26,28). The van der Waals surface area contributed by atoms with E-state index < -0.39 is 5.54 Å². The van der Waals surface area contributed by atoms with Gasteiger partial charge in [0.1, 0.15) is 5.54 Å². The number of oxazole rings is 1. The SMILES string of the molecule is Cc1nc(C2(NC(=O)CCCc3ncc(-c4ccccc4)o3)CCCCCC2)no1. The van der Waals surface area contributed by atoms with Gasteiger partial charge in [-0.05, 0) is 19.3 Å². The lowest BCUT2D eigenvalue weighted by molar-refractivity contribution is -0.123. The second-order valence-corrected chi connectivity index (χ2v) is 8.02. The van der Waals surface area contributed by atoms with E-state index in [1.165, 1.54) is 12.8 Å². The van der Waals surface area contributed by atoms with Crippen molar-refractivity contribution in [1.29, 1.82) is 0 Å². The molecule has 1 fully saturated rings. The molecule has 2 aromatic heterocycles. The van der Waals surface area contributed by atoms with Gasteiger partial charge in [-0.2, -0.15) is 4.98 Å². The third kappa shape index (κ3) is 4.78. The van der Waals surface area contributed by atoms with Crippen molar-refractivity contribution in [3.05, 3.63) is 54.1 Å². The van der Waals surface area contributed by atoms with Crippen LogP contribution in [0, 0.1) is 6.92 Å². The Morgan fingerprint density at radius 2 is 1.90 bits per heavy atom. The van der Waals surface area contributed by atoms with Gasteiger partial charge in [-0.3, -0.25) is 4.79 Å². The van der Waals surface area contributed by atoms with Crippen LogP contribution in [-0.4, -0.2) is 21.0 Å². The molecular formula is C23H28N4O3. The lowest BCUT2D eigenvalue weighted by Gasteiger charge is -2.30. The first-order valence-electron chi connectivity index (χ1n) is 10.8. The lowest BCUT2D eigenvalue weighted by atomic mass is 9.89. The van der Waals surface area contributed by atoms with Gasteiger partial charge >= 0.3 is 0 Å².